The monoisotopic (exact) mass is 519 g/mol. The molecule has 0 aliphatic carbocycles. The molecule has 0 amide bonds. The number of benzene rings is 4. The van der Waals surface area contributed by atoms with Crippen LogP contribution in [0.5, 0.6) is 5.75 Å². The van der Waals surface area contributed by atoms with E-state index in [1.807, 2.05) is 60.8 Å². The van der Waals surface area contributed by atoms with E-state index in [-0.39, 0.29) is 11.2 Å². The molecule has 4 aromatic carbocycles. The van der Waals surface area contributed by atoms with Gasteiger partial charge in [-0.15, -0.1) is 0 Å². The lowest BCUT2D eigenvalue weighted by Crippen LogP contribution is -2.12. The van der Waals surface area contributed by atoms with Gasteiger partial charge in [-0.1, -0.05) is 69.3 Å². The van der Waals surface area contributed by atoms with Crippen LogP contribution in [0.15, 0.2) is 115 Å². The Kier molecular flexibility index (Phi) is 5.46. The first kappa shape index (κ1) is 24.1. The molecule has 0 bridgehead atoms. The highest BCUT2D eigenvalue weighted by Crippen LogP contribution is 2.37. The van der Waals surface area contributed by atoms with Gasteiger partial charge in [0.1, 0.15) is 11.4 Å². The molecule has 4 heteroatoms. The average molecular weight is 520 g/mol. The van der Waals surface area contributed by atoms with Gasteiger partial charge in [-0.25, -0.2) is 9.97 Å². The van der Waals surface area contributed by atoms with Crippen molar-refractivity contribution in [3.8, 4) is 34.0 Å². The summed E-state index contributed by atoms with van der Waals surface area (Å²) in [5.41, 5.74) is 7.57. The standard InChI is InChI=1S/C36H29N3O/c1-36(2,3)26-18-25(19-27(22-26)39-33-16-7-6-12-28(33)29-13-9-17-37-35(29)39)31-14-8-15-32(38-31)30-20-23-10-4-5-11-24(23)21-34(30)40/h4-22,40H,1-3H3. The lowest BCUT2D eigenvalue weighted by molar-refractivity contribution is 0.478. The van der Waals surface area contributed by atoms with Crippen molar-refractivity contribution in [3.63, 3.8) is 0 Å². The van der Waals surface area contributed by atoms with Crippen LogP contribution >= 0.6 is 0 Å². The Balaban J connectivity index is 1.44. The number of fused-ring (bicyclic) bond motifs is 4. The Morgan fingerprint density at radius 3 is 2.23 bits per heavy atom. The summed E-state index contributed by atoms with van der Waals surface area (Å²) in [5.74, 6) is 0.226. The number of phenolic OH excluding ortho intramolecular Hbond substituents is 1. The minimum atomic E-state index is -0.0782. The summed E-state index contributed by atoms with van der Waals surface area (Å²) in [6.07, 6.45) is 1.85. The van der Waals surface area contributed by atoms with Gasteiger partial charge in [0.15, 0.2) is 0 Å². The smallest absolute Gasteiger partial charge is 0.145 e. The number of pyridine rings is 2. The highest BCUT2D eigenvalue weighted by Gasteiger charge is 2.20. The lowest BCUT2D eigenvalue weighted by atomic mass is 9.85. The fraction of sp³-hybridized carbons (Fsp3) is 0.111. The molecule has 3 aromatic heterocycles. The minimum Gasteiger partial charge on any atom is -0.507 e. The number of aromatic nitrogens is 3. The summed E-state index contributed by atoms with van der Waals surface area (Å²) in [7, 11) is 0. The molecule has 0 spiro atoms. The van der Waals surface area contributed by atoms with E-state index in [0.29, 0.717) is 0 Å². The molecule has 0 atom stereocenters. The van der Waals surface area contributed by atoms with E-state index in [4.69, 9.17) is 9.97 Å². The SMILES string of the molecule is CC(C)(C)c1cc(-c2cccc(-c3cc4ccccc4cc3O)n2)cc(-n2c3ccccc3c3cccnc32)c1. The molecule has 3 heterocycles. The number of hydrogen-bond acceptors (Lipinski definition) is 3. The van der Waals surface area contributed by atoms with E-state index in [1.54, 1.807) is 0 Å². The molecule has 0 aliphatic heterocycles. The van der Waals surface area contributed by atoms with Gasteiger partial charge in [-0.2, -0.15) is 0 Å². The molecule has 7 aromatic rings. The van der Waals surface area contributed by atoms with Gasteiger partial charge in [-0.05, 0) is 82.4 Å². The maximum Gasteiger partial charge on any atom is 0.145 e. The van der Waals surface area contributed by atoms with Gasteiger partial charge in [-0.3, -0.25) is 4.57 Å². The van der Waals surface area contributed by atoms with Gasteiger partial charge in [0.05, 0.1) is 16.9 Å². The predicted molar refractivity (Wildman–Crippen MR) is 165 cm³/mol. The fourth-order valence-corrected chi connectivity index (χ4v) is 5.56. The van der Waals surface area contributed by atoms with Crippen LogP contribution in [0.3, 0.4) is 0 Å². The van der Waals surface area contributed by atoms with E-state index in [1.165, 1.54) is 10.9 Å². The van der Waals surface area contributed by atoms with Crippen LogP contribution in [0, 0.1) is 0 Å². The van der Waals surface area contributed by atoms with Crippen molar-refractivity contribution in [3.05, 3.63) is 121 Å². The maximum absolute atomic E-state index is 10.9. The number of hydrogen-bond donors (Lipinski definition) is 1. The summed E-state index contributed by atoms with van der Waals surface area (Å²) < 4.78 is 2.25. The van der Waals surface area contributed by atoms with Crippen LogP contribution < -0.4 is 0 Å². The zero-order valence-corrected chi connectivity index (χ0v) is 22.8. The van der Waals surface area contributed by atoms with E-state index in [9.17, 15) is 5.11 Å². The van der Waals surface area contributed by atoms with Crippen molar-refractivity contribution in [1.82, 2.24) is 14.5 Å². The number of rotatable bonds is 3. The number of aromatic hydroxyl groups is 1. The quantitative estimate of drug-likeness (QED) is 0.253. The topological polar surface area (TPSA) is 50.9 Å². The first-order valence-electron chi connectivity index (χ1n) is 13.6. The second kappa shape index (κ2) is 9.06. The molecule has 7 rings (SSSR count). The fourth-order valence-electron chi connectivity index (χ4n) is 5.56. The Labute approximate surface area is 233 Å². The molecule has 4 nitrogen and oxygen atoms in total. The van der Waals surface area contributed by atoms with E-state index >= 15 is 0 Å². The van der Waals surface area contributed by atoms with Gasteiger partial charge in [0.2, 0.25) is 0 Å². The molecule has 40 heavy (non-hydrogen) atoms. The Morgan fingerprint density at radius 2 is 1.40 bits per heavy atom. The van der Waals surface area contributed by atoms with Crippen LogP contribution in [-0.4, -0.2) is 19.6 Å². The molecule has 194 valence electrons. The third kappa shape index (κ3) is 4.00. The van der Waals surface area contributed by atoms with E-state index in [0.717, 1.165) is 55.5 Å². The third-order valence-corrected chi connectivity index (χ3v) is 7.66. The molecular formula is C36H29N3O. The Morgan fingerprint density at radius 1 is 0.675 bits per heavy atom. The first-order chi connectivity index (χ1) is 19.4. The number of phenols is 1. The second-order valence-corrected chi connectivity index (χ2v) is 11.4. The highest BCUT2D eigenvalue weighted by atomic mass is 16.3. The molecule has 0 saturated heterocycles. The second-order valence-electron chi connectivity index (χ2n) is 11.4. The Hall–Kier alpha value is -4.96. The van der Waals surface area contributed by atoms with E-state index in [2.05, 4.69) is 79.9 Å². The summed E-state index contributed by atoms with van der Waals surface area (Å²) in [5, 5.41) is 15.3. The molecule has 1 N–H and O–H groups in total. The van der Waals surface area contributed by atoms with Crippen LogP contribution in [-0.2, 0) is 5.41 Å². The molecular weight excluding hydrogens is 490 g/mol. The summed E-state index contributed by atoms with van der Waals surface area (Å²) >= 11 is 0. The molecule has 0 fully saturated rings. The van der Waals surface area contributed by atoms with Crippen molar-refractivity contribution < 1.29 is 5.11 Å². The maximum atomic E-state index is 10.9. The van der Waals surface area contributed by atoms with Crippen LogP contribution in [0.25, 0.3) is 60.9 Å². The van der Waals surface area contributed by atoms with Crippen LogP contribution in [0.1, 0.15) is 26.3 Å². The lowest BCUT2D eigenvalue weighted by Gasteiger charge is -2.22. The zero-order valence-electron chi connectivity index (χ0n) is 22.8. The van der Waals surface area contributed by atoms with E-state index < -0.39 is 0 Å². The van der Waals surface area contributed by atoms with Crippen molar-refractivity contribution >= 4 is 32.7 Å². The van der Waals surface area contributed by atoms with Crippen molar-refractivity contribution in [1.29, 1.82) is 0 Å². The molecule has 0 radical (unpaired) electrons. The first-order valence-corrected chi connectivity index (χ1v) is 13.6. The number of para-hydroxylation sites is 1. The number of nitrogens with zero attached hydrogens (tertiary/aromatic N) is 3. The van der Waals surface area contributed by atoms with Gasteiger partial charge in [0.25, 0.3) is 0 Å². The largest absolute Gasteiger partial charge is 0.507 e. The van der Waals surface area contributed by atoms with Crippen molar-refractivity contribution in [2.24, 2.45) is 0 Å². The molecule has 0 saturated carbocycles. The van der Waals surface area contributed by atoms with Gasteiger partial charge < -0.3 is 5.11 Å². The molecule has 0 aliphatic rings. The molecule has 0 unspecified atom stereocenters. The summed E-state index contributed by atoms with van der Waals surface area (Å²) in [6.45, 7) is 6.70. The third-order valence-electron chi connectivity index (χ3n) is 7.66. The average Bonchev–Trinajstić information content (AvgIpc) is 3.31. The van der Waals surface area contributed by atoms with Gasteiger partial charge in [0, 0.05) is 33.8 Å². The normalized spacial score (nSPS) is 12.0. The Bertz CT molecular complexity index is 2010. The predicted octanol–water partition coefficient (Wildman–Crippen LogP) is 9.06. The summed E-state index contributed by atoms with van der Waals surface area (Å²) in [4.78, 5) is 9.86. The van der Waals surface area contributed by atoms with Crippen LogP contribution in [0.2, 0.25) is 0 Å². The van der Waals surface area contributed by atoms with Crippen molar-refractivity contribution in [2.75, 3.05) is 0 Å². The highest BCUT2D eigenvalue weighted by molar-refractivity contribution is 6.07. The van der Waals surface area contributed by atoms with Crippen molar-refractivity contribution in [2.45, 2.75) is 26.2 Å². The van der Waals surface area contributed by atoms with Crippen LogP contribution in [0.4, 0.5) is 0 Å². The minimum absolute atomic E-state index is 0.0782. The van der Waals surface area contributed by atoms with Gasteiger partial charge >= 0.3 is 0 Å². The zero-order chi connectivity index (χ0) is 27.4. The summed E-state index contributed by atoms with van der Waals surface area (Å²) in [6, 6.07) is 37.2.